The third-order valence-electron chi connectivity index (χ3n) is 2.35. The van der Waals surface area contributed by atoms with Crippen LogP contribution in [0.5, 0.6) is 0 Å². The molecule has 0 saturated carbocycles. The number of thioether (sulfide) groups is 1. The van der Waals surface area contributed by atoms with E-state index in [1.54, 1.807) is 11.8 Å². The van der Waals surface area contributed by atoms with E-state index < -0.39 is 0 Å². The Morgan fingerprint density at radius 3 is 2.82 bits per heavy atom. The minimum atomic E-state index is -0.000742. The van der Waals surface area contributed by atoms with Crippen molar-refractivity contribution in [2.75, 3.05) is 25.9 Å². The molecule has 1 amide bonds. The Hall–Kier alpha value is -1.00. The van der Waals surface area contributed by atoms with Crippen molar-refractivity contribution in [3.05, 3.63) is 29.8 Å². The first-order valence-electron chi connectivity index (χ1n) is 5.91. The minimum absolute atomic E-state index is 0.000742. The first-order valence-corrected chi connectivity index (χ1v) is 7.13. The van der Waals surface area contributed by atoms with E-state index in [1.807, 2.05) is 30.5 Å². The fraction of sp³-hybridized carbons (Fsp3) is 0.462. The first kappa shape index (κ1) is 14.1. The van der Waals surface area contributed by atoms with E-state index in [4.69, 9.17) is 0 Å². The maximum absolute atomic E-state index is 11.8. The van der Waals surface area contributed by atoms with Gasteiger partial charge in [-0.3, -0.25) is 4.79 Å². The summed E-state index contributed by atoms with van der Waals surface area (Å²) in [6.07, 6.45) is 3.12. The normalized spacial score (nSPS) is 10.2. The molecule has 0 aliphatic carbocycles. The second-order valence-electron chi connectivity index (χ2n) is 3.74. The smallest absolute Gasteiger partial charge is 0.251 e. The molecule has 1 aromatic rings. The zero-order valence-corrected chi connectivity index (χ0v) is 11.3. The van der Waals surface area contributed by atoms with Crippen molar-refractivity contribution in [2.45, 2.75) is 18.2 Å². The topological polar surface area (TPSA) is 41.1 Å². The molecule has 0 aromatic heterocycles. The zero-order chi connectivity index (χ0) is 12.5. The second-order valence-corrected chi connectivity index (χ2v) is 4.62. The monoisotopic (exact) mass is 252 g/mol. The lowest BCUT2D eigenvalue weighted by Crippen LogP contribution is -2.32. The molecule has 94 valence electrons. The molecule has 0 aliphatic heterocycles. The van der Waals surface area contributed by atoms with Crippen molar-refractivity contribution in [3.8, 4) is 0 Å². The number of rotatable bonds is 7. The maximum atomic E-state index is 11.8. The van der Waals surface area contributed by atoms with Crippen molar-refractivity contribution in [2.24, 2.45) is 0 Å². The van der Waals surface area contributed by atoms with E-state index >= 15 is 0 Å². The number of benzene rings is 1. The van der Waals surface area contributed by atoms with E-state index in [2.05, 4.69) is 17.6 Å². The molecular formula is C13H20N2OS. The number of hydrogen-bond acceptors (Lipinski definition) is 3. The average Bonchev–Trinajstić information content (AvgIpc) is 2.38. The van der Waals surface area contributed by atoms with Gasteiger partial charge in [-0.05, 0) is 37.4 Å². The predicted octanol–water partition coefficient (Wildman–Crippen LogP) is 2.14. The van der Waals surface area contributed by atoms with Gasteiger partial charge in [0.05, 0.1) is 0 Å². The van der Waals surface area contributed by atoms with E-state index in [0.717, 1.165) is 30.0 Å². The lowest BCUT2D eigenvalue weighted by Gasteiger charge is -2.06. The van der Waals surface area contributed by atoms with Gasteiger partial charge in [-0.1, -0.05) is 13.0 Å². The Morgan fingerprint density at radius 1 is 1.29 bits per heavy atom. The van der Waals surface area contributed by atoms with Crippen LogP contribution in [0.3, 0.4) is 0 Å². The van der Waals surface area contributed by atoms with Crippen molar-refractivity contribution in [3.63, 3.8) is 0 Å². The van der Waals surface area contributed by atoms with Crippen LogP contribution in [0, 0.1) is 0 Å². The molecule has 1 rings (SSSR count). The third kappa shape index (κ3) is 5.24. The molecule has 0 saturated heterocycles. The molecule has 0 atom stereocenters. The van der Waals surface area contributed by atoms with Crippen molar-refractivity contribution < 1.29 is 4.79 Å². The van der Waals surface area contributed by atoms with E-state index in [1.165, 1.54) is 0 Å². The molecule has 2 N–H and O–H groups in total. The van der Waals surface area contributed by atoms with Gasteiger partial charge in [-0.25, -0.2) is 0 Å². The largest absolute Gasteiger partial charge is 0.351 e. The number of carbonyl (C=O) groups excluding carboxylic acids is 1. The maximum Gasteiger partial charge on any atom is 0.251 e. The van der Waals surface area contributed by atoms with Gasteiger partial charge in [-0.15, -0.1) is 11.8 Å². The van der Waals surface area contributed by atoms with E-state index in [9.17, 15) is 4.79 Å². The molecule has 0 aliphatic rings. The summed E-state index contributed by atoms with van der Waals surface area (Å²) in [7, 11) is 0. The lowest BCUT2D eigenvalue weighted by molar-refractivity contribution is 0.0953. The van der Waals surface area contributed by atoms with Crippen LogP contribution in [-0.2, 0) is 0 Å². The Labute approximate surface area is 107 Å². The number of amides is 1. The summed E-state index contributed by atoms with van der Waals surface area (Å²) in [5.74, 6) is -0.000742. The van der Waals surface area contributed by atoms with Crippen LogP contribution in [-0.4, -0.2) is 31.8 Å². The van der Waals surface area contributed by atoms with Crippen LogP contribution in [0.15, 0.2) is 29.2 Å². The number of hydrogen-bond donors (Lipinski definition) is 2. The standard InChI is InChI=1S/C13H20N2OS/c1-3-7-14-8-9-15-13(16)11-5-4-6-12(10-11)17-2/h4-6,10,14H,3,7-9H2,1-2H3,(H,15,16). The lowest BCUT2D eigenvalue weighted by atomic mass is 10.2. The predicted molar refractivity (Wildman–Crippen MR) is 73.7 cm³/mol. The molecule has 4 heteroatoms. The summed E-state index contributed by atoms with van der Waals surface area (Å²) in [6.45, 7) is 4.61. The molecule has 0 unspecified atom stereocenters. The quantitative estimate of drug-likeness (QED) is 0.577. The molecule has 3 nitrogen and oxygen atoms in total. The van der Waals surface area contributed by atoms with Gasteiger partial charge >= 0.3 is 0 Å². The minimum Gasteiger partial charge on any atom is -0.351 e. The first-order chi connectivity index (χ1) is 8.27. The highest BCUT2D eigenvalue weighted by Crippen LogP contribution is 2.15. The van der Waals surface area contributed by atoms with Crippen LogP contribution in [0.4, 0.5) is 0 Å². The van der Waals surface area contributed by atoms with Gasteiger partial charge in [0.25, 0.3) is 5.91 Å². The van der Waals surface area contributed by atoms with Crippen LogP contribution in [0.25, 0.3) is 0 Å². The SMILES string of the molecule is CCCNCCNC(=O)c1cccc(SC)c1. The molecular weight excluding hydrogens is 232 g/mol. The Kier molecular flexibility index (Phi) is 6.74. The summed E-state index contributed by atoms with van der Waals surface area (Å²) in [4.78, 5) is 12.9. The highest BCUT2D eigenvalue weighted by atomic mass is 32.2. The van der Waals surface area contributed by atoms with Crippen LogP contribution in [0.1, 0.15) is 23.7 Å². The fourth-order valence-corrected chi connectivity index (χ4v) is 1.89. The zero-order valence-electron chi connectivity index (χ0n) is 10.5. The average molecular weight is 252 g/mol. The summed E-state index contributed by atoms with van der Waals surface area (Å²) < 4.78 is 0. The fourth-order valence-electron chi connectivity index (χ4n) is 1.43. The van der Waals surface area contributed by atoms with Gasteiger partial charge in [0, 0.05) is 23.5 Å². The highest BCUT2D eigenvalue weighted by molar-refractivity contribution is 7.98. The number of carbonyl (C=O) groups is 1. The van der Waals surface area contributed by atoms with Gasteiger partial charge in [0.1, 0.15) is 0 Å². The van der Waals surface area contributed by atoms with Gasteiger partial charge in [-0.2, -0.15) is 0 Å². The molecule has 0 bridgehead atoms. The summed E-state index contributed by atoms with van der Waals surface area (Å²) in [5.41, 5.74) is 0.729. The molecule has 0 fully saturated rings. The third-order valence-corrected chi connectivity index (χ3v) is 3.07. The van der Waals surface area contributed by atoms with Crippen molar-refractivity contribution in [1.82, 2.24) is 10.6 Å². The van der Waals surface area contributed by atoms with E-state index in [-0.39, 0.29) is 5.91 Å². The molecule has 1 aromatic carbocycles. The van der Waals surface area contributed by atoms with Crippen molar-refractivity contribution >= 4 is 17.7 Å². The summed E-state index contributed by atoms with van der Waals surface area (Å²) >= 11 is 1.64. The van der Waals surface area contributed by atoms with E-state index in [0.29, 0.717) is 6.54 Å². The Balaban J connectivity index is 2.36. The number of nitrogens with one attached hydrogen (secondary N) is 2. The summed E-state index contributed by atoms with van der Waals surface area (Å²) in [6, 6.07) is 7.67. The highest BCUT2D eigenvalue weighted by Gasteiger charge is 2.04. The molecule has 0 spiro atoms. The van der Waals surface area contributed by atoms with Gasteiger partial charge < -0.3 is 10.6 Å². The molecule has 0 radical (unpaired) electrons. The second kappa shape index (κ2) is 8.14. The van der Waals surface area contributed by atoms with Crippen LogP contribution >= 0.6 is 11.8 Å². The summed E-state index contributed by atoms with van der Waals surface area (Å²) in [5, 5.41) is 6.14. The molecule has 0 heterocycles. The Morgan fingerprint density at radius 2 is 2.12 bits per heavy atom. The van der Waals surface area contributed by atoms with Gasteiger partial charge in [0.15, 0.2) is 0 Å². The molecule has 17 heavy (non-hydrogen) atoms. The van der Waals surface area contributed by atoms with Crippen molar-refractivity contribution in [1.29, 1.82) is 0 Å². The van der Waals surface area contributed by atoms with Crippen LogP contribution in [0.2, 0.25) is 0 Å². The van der Waals surface area contributed by atoms with Crippen LogP contribution < -0.4 is 10.6 Å². The van der Waals surface area contributed by atoms with Gasteiger partial charge in [0.2, 0.25) is 0 Å². The Bertz CT molecular complexity index is 355.